The molecule has 0 rings (SSSR count). The van der Waals surface area contributed by atoms with Crippen LogP contribution >= 0.6 is 39.6 Å². The molecule has 0 saturated heterocycles. The first-order valence-corrected chi connectivity index (χ1v) is 14.8. The topological polar surface area (TPSA) is 74.6 Å². The fourth-order valence-corrected chi connectivity index (χ4v) is 13.6. The van der Waals surface area contributed by atoms with Crippen molar-refractivity contribution >= 4 is 51.6 Å². The second-order valence-corrected chi connectivity index (χ2v) is 15.1. The van der Waals surface area contributed by atoms with Gasteiger partial charge in [0, 0.05) is 0 Å². The molecule has 2 N–H and O–H groups in total. The van der Waals surface area contributed by atoms with Gasteiger partial charge in [0.05, 0.1) is 0 Å². The van der Waals surface area contributed by atoms with E-state index in [1.807, 2.05) is 19.7 Å². The van der Waals surface area contributed by atoms with Gasteiger partial charge in [0.25, 0.3) is 0 Å². The van der Waals surface area contributed by atoms with E-state index in [2.05, 4.69) is 0 Å². The molecule has 0 aliphatic carbocycles. The van der Waals surface area contributed by atoms with E-state index >= 15 is 0 Å². The van der Waals surface area contributed by atoms with Gasteiger partial charge in [-0.25, -0.2) is 0 Å². The van der Waals surface area contributed by atoms with Crippen molar-refractivity contribution in [2.45, 2.75) is 7.85 Å². The summed E-state index contributed by atoms with van der Waals surface area (Å²) in [5.41, 5.74) is 0. The quantitative estimate of drug-likeness (QED) is 0.512. The first-order valence-electron chi connectivity index (χ1n) is 3.71. The normalized spacial score (nSPS) is 16.9. The van der Waals surface area contributed by atoms with Crippen LogP contribution in [0.2, 0.25) is 0 Å². The van der Waals surface area contributed by atoms with Gasteiger partial charge < -0.3 is 0 Å². The second kappa shape index (κ2) is 6.09. The maximum absolute atomic E-state index is 11.0. The summed E-state index contributed by atoms with van der Waals surface area (Å²) in [5.74, 6) is -1.84. The Labute approximate surface area is 98.2 Å². The van der Waals surface area contributed by atoms with E-state index in [1.165, 1.54) is 0 Å². The molecule has 14 heavy (non-hydrogen) atoms. The van der Waals surface area contributed by atoms with Gasteiger partial charge in [0.15, 0.2) is 0 Å². The Morgan fingerprint density at radius 2 is 1.07 bits per heavy atom. The predicted molar refractivity (Wildman–Crippen MR) is 74.6 cm³/mol. The van der Waals surface area contributed by atoms with Crippen LogP contribution in [-0.2, 0) is 9.59 Å². The van der Waals surface area contributed by atoms with Crippen molar-refractivity contribution in [3.8, 4) is 0 Å². The van der Waals surface area contributed by atoms with Crippen LogP contribution in [0.15, 0.2) is 0 Å². The van der Waals surface area contributed by atoms with Crippen molar-refractivity contribution in [1.29, 1.82) is 0 Å². The third-order valence-corrected chi connectivity index (χ3v) is 10.9. The molecular weight excluding hydrogens is 414 g/mol. The monoisotopic (exact) mass is 430 g/mol. The van der Waals surface area contributed by atoms with Gasteiger partial charge in [-0.3, -0.25) is 0 Å². The zero-order valence-electron chi connectivity index (χ0n) is 8.62. The first-order chi connectivity index (χ1) is 6.29. The molecule has 0 aliphatic rings. The molecule has 0 aromatic carbocycles. The van der Waals surface area contributed by atoms with E-state index in [1.54, 1.807) is 0 Å². The number of carboxylic acids is 2. The SMILES string of the molecule is CI(C)C(C(=O)O)C(C(=O)O)I(C)C. The number of carboxylic acid groups (broad SMARTS) is 2. The van der Waals surface area contributed by atoms with Crippen LogP contribution in [0.4, 0.5) is 0 Å². The predicted octanol–water partition coefficient (Wildman–Crippen LogP) is 1.42. The Kier molecular flexibility index (Phi) is 6.26. The van der Waals surface area contributed by atoms with Crippen LogP contribution in [0.25, 0.3) is 0 Å². The van der Waals surface area contributed by atoms with Crippen LogP contribution in [0.1, 0.15) is 0 Å². The van der Waals surface area contributed by atoms with Crippen molar-refractivity contribution in [2.75, 3.05) is 19.7 Å². The standard InChI is InChI=1S/C8H16I2O4/c1-9(2)5(7(11)12)6(8(13)14)10(3)4/h5-6H,1-4H3,(H,11,12)(H,13,14). The third-order valence-electron chi connectivity index (χ3n) is 1.67. The van der Waals surface area contributed by atoms with Gasteiger partial charge in [0.1, 0.15) is 0 Å². The Bertz CT molecular complexity index is 203. The van der Waals surface area contributed by atoms with Crippen LogP contribution in [0.3, 0.4) is 0 Å². The van der Waals surface area contributed by atoms with E-state index < -0.39 is 59.4 Å². The molecule has 2 atom stereocenters. The molecule has 0 saturated carbocycles. The molecule has 0 aromatic heterocycles. The maximum atomic E-state index is 11.0. The zero-order chi connectivity index (χ0) is 11.5. The minimum absolute atomic E-state index is 0.586. The summed E-state index contributed by atoms with van der Waals surface area (Å²) in [4.78, 5) is 29.6. The van der Waals surface area contributed by atoms with Crippen molar-refractivity contribution in [2.24, 2.45) is 0 Å². The molecule has 0 radical (unpaired) electrons. The van der Waals surface area contributed by atoms with E-state index in [4.69, 9.17) is 10.2 Å². The summed E-state index contributed by atoms with van der Waals surface area (Å²) in [6, 6.07) is 0. The van der Waals surface area contributed by atoms with E-state index in [9.17, 15) is 9.59 Å². The molecule has 0 heterocycles. The molecule has 0 aromatic rings. The van der Waals surface area contributed by atoms with Gasteiger partial charge in [-0.2, -0.15) is 0 Å². The van der Waals surface area contributed by atoms with Gasteiger partial charge in [-0.05, 0) is 0 Å². The average molecular weight is 430 g/mol. The number of halogens is 2. The van der Waals surface area contributed by atoms with Crippen molar-refractivity contribution < 1.29 is 19.8 Å². The molecule has 0 fully saturated rings. The molecular formula is C8H16I2O4. The fraction of sp³-hybridized carbons (Fsp3) is 0.750. The van der Waals surface area contributed by atoms with Crippen molar-refractivity contribution in [1.82, 2.24) is 0 Å². The van der Waals surface area contributed by atoms with Gasteiger partial charge in [-0.1, -0.05) is 0 Å². The van der Waals surface area contributed by atoms with Crippen LogP contribution < -0.4 is 0 Å². The van der Waals surface area contributed by atoms with E-state index in [-0.39, 0.29) is 0 Å². The number of rotatable bonds is 5. The van der Waals surface area contributed by atoms with Gasteiger partial charge in [0.2, 0.25) is 0 Å². The zero-order valence-corrected chi connectivity index (χ0v) is 12.9. The average Bonchev–Trinajstić information content (AvgIpc) is 1.96. The summed E-state index contributed by atoms with van der Waals surface area (Å²) in [6.45, 7) is 0. The number of aliphatic carboxylic acids is 2. The summed E-state index contributed by atoms with van der Waals surface area (Å²) in [5, 5.41) is 18.0. The Hall–Kier alpha value is 0.400. The van der Waals surface area contributed by atoms with Crippen LogP contribution in [0, 0.1) is 0 Å². The molecule has 4 nitrogen and oxygen atoms in total. The van der Waals surface area contributed by atoms with Gasteiger partial charge >= 0.3 is 99.0 Å². The first kappa shape index (κ1) is 14.4. The molecule has 0 aliphatic heterocycles. The van der Waals surface area contributed by atoms with E-state index in [0.717, 1.165) is 0 Å². The third kappa shape index (κ3) is 3.87. The molecule has 0 amide bonds. The number of alkyl halides is 6. The number of hydrogen-bond donors (Lipinski definition) is 2. The summed E-state index contributed by atoms with van der Waals surface area (Å²) in [6.07, 6.45) is 0. The second-order valence-electron chi connectivity index (χ2n) is 3.11. The summed E-state index contributed by atoms with van der Waals surface area (Å²) in [7, 11) is 0. The van der Waals surface area contributed by atoms with E-state index in [0.29, 0.717) is 0 Å². The molecule has 2 unspecified atom stereocenters. The molecule has 86 valence electrons. The summed E-state index contributed by atoms with van der Waals surface area (Å²) < 4.78 is -1.17. The Morgan fingerprint density at radius 3 is 1.14 bits per heavy atom. The van der Waals surface area contributed by atoms with Crippen LogP contribution in [-0.4, -0.2) is 49.7 Å². The molecule has 0 bridgehead atoms. The summed E-state index contributed by atoms with van der Waals surface area (Å²) >= 11 is -3.25. The van der Waals surface area contributed by atoms with Gasteiger partial charge in [-0.15, -0.1) is 0 Å². The fourth-order valence-electron chi connectivity index (χ4n) is 1.07. The molecule has 6 heteroatoms. The van der Waals surface area contributed by atoms with Crippen molar-refractivity contribution in [3.05, 3.63) is 0 Å². The van der Waals surface area contributed by atoms with Crippen molar-refractivity contribution in [3.63, 3.8) is 0 Å². The Morgan fingerprint density at radius 1 is 0.857 bits per heavy atom. The Balaban J connectivity index is 4.93. The molecule has 0 spiro atoms. The minimum atomic E-state index is -1.62. The van der Waals surface area contributed by atoms with Crippen LogP contribution in [0.5, 0.6) is 0 Å². The number of carbonyl (C=O) groups is 2. The number of hydrogen-bond acceptors (Lipinski definition) is 2.